The van der Waals surface area contributed by atoms with Crippen LogP contribution in [0.5, 0.6) is 0 Å². The van der Waals surface area contributed by atoms with E-state index in [1.165, 1.54) is 0 Å². The van der Waals surface area contributed by atoms with Crippen LogP contribution in [-0.4, -0.2) is 50.6 Å². The van der Waals surface area contributed by atoms with Gasteiger partial charge in [-0.15, -0.1) is 0 Å². The van der Waals surface area contributed by atoms with Crippen LogP contribution in [0.4, 0.5) is 0 Å². The number of rotatable bonds is 4. The fourth-order valence-corrected chi connectivity index (χ4v) is 5.86. The molecule has 2 aromatic rings. The van der Waals surface area contributed by atoms with Crippen molar-refractivity contribution in [3.8, 4) is 0 Å². The fourth-order valence-electron chi connectivity index (χ4n) is 4.17. The minimum absolute atomic E-state index is 0.200. The van der Waals surface area contributed by atoms with E-state index in [2.05, 4.69) is 5.32 Å². The van der Waals surface area contributed by atoms with Gasteiger partial charge >= 0.3 is 0 Å². The van der Waals surface area contributed by atoms with Crippen molar-refractivity contribution in [1.82, 2.24) is 9.62 Å². The Labute approximate surface area is 167 Å². The summed E-state index contributed by atoms with van der Waals surface area (Å²) in [5.74, 6) is 0. The third kappa shape index (κ3) is 4.01. The number of sulfonamides is 1. The zero-order valence-electron chi connectivity index (χ0n) is 16.3. The SMILES string of the molecule is Cc1ccc(S(=O)(=O)N2CC3(CCNCC3)OC[C@H]2Cc2ccccc2)cc1. The summed E-state index contributed by atoms with van der Waals surface area (Å²) in [6.45, 7) is 4.54. The summed E-state index contributed by atoms with van der Waals surface area (Å²) in [4.78, 5) is 0.363. The van der Waals surface area contributed by atoms with Crippen LogP contribution in [0.1, 0.15) is 24.0 Å². The standard InChI is InChI=1S/C22H28N2O3S/c1-18-7-9-21(10-8-18)28(25,26)24-17-22(11-13-23-14-12-22)27-16-20(24)15-19-5-3-2-4-6-19/h2-10,20,23H,11-17H2,1H3/t20-/m1/s1. The van der Waals surface area contributed by atoms with Crippen molar-refractivity contribution >= 4 is 10.0 Å². The molecule has 2 aliphatic rings. The maximum absolute atomic E-state index is 13.6. The average Bonchev–Trinajstić information content (AvgIpc) is 2.71. The number of ether oxygens (including phenoxy) is 1. The van der Waals surface area contributed by atoms with Gasteiger partial charge in [0, 0.05) is 6.54 Å². The van der Waals surface area contributed by atoms with Gasteiger partial charge in [0.1, 0.15) is 0 Å². The molecule has 2 fully saturated rings. The molecule has 0 bridgehead atoms. The van der Waals surface area contributed by atoms with Gasteiger partial charge in [-0.2, -0.15) is 4.31 Å². The van der Waals surface area contributed by atoms with E-state index in [0.29, 0.717) is 24.5 Å². The number of piperidine rings is 1. The highest BCUT2D eigenvalue weighted by Gasteiger charge is 2.46. The first-order valence-corrected chi connectivity index (χ1v) is 11.4. The largest absolute Gasteiger partial charge is 0.372 e. The van der Waals surface area contributed by atoms with Gasteiger partial charge in [0.05, 0.1) is 23.1 Å². The topological polar surface area (TPSA) is 58.6 Å². The second-order valence-electron chi connectivity index (χ2n) is 7.95. The van der Waals surface area contributed by atoms with E-state index >= 15 is 0 Å². The molecule has 2 aliphatic heterocycles. The van der Waals surface area contributed by atoms with Crippen LogP contribution in [-0.2, 0) is 21.2 Å². The Balaban J connectivity index is 1.66. The van der Waals surface area contributed by atoms with Crippen LogP contribution in [0, 0.1) is 6.92 Å². The Kier molecular flexibility index (Phi) is 5.56. The number of morpholine rings is 1. The highest BCUT2D eigenvalue weighted by atomic mass is 32.2. The number of hydrogen-bond acceptors (Lipinski definition) is 4. The predicted octanol–water partition coefficient (Wildman–Crippen LogP) is 2.75. The minimum Gasteiger partial charge on any atom is -0.372 e. The van der Waals surface area contributed by atoms with Crippen molar-refractivity contribution in [3.63, 3.8) is 0 Å². The summed E-state index contributed by atoms with van der Waals surface area (Å²) in [6.07, 6.45) is 2.33. The van der Waals surface area contributed by atoms with Crippen molar-refractivity contribution in [2.75, 3.05) is 26.2 Å². The molecule has 6 heteroatoms. The summed E-state index contributed by atoms with van der Waals surface area (Å²) < 4.78 is 35.2. The van der Waals surface area contributed by atoms with E-state index in [4.69, 9.17) is 4.74 Å². The Morgan fingerprint density at radius 1 is 1.07 bits per heavy atom. The van der Waals surface area contributed by atoms with Crippen molar-refractivity contribution in [2.24, 2.45) is 0 Å². The van der Waals surface area contributed by atoms with Crippen LogP contribution in [0.25, 0.3) is 0 Å². The van der Waals surface area contributed by atoms with Crippen molar-refractivity contribution in [1.29, 1.82) is 0 Å². The summed E-state index contributed by atoms with van der Waals surface area (Å²) in [5, 5.41) is 3.35. The molecule has 0 unspecified atom stereocenters. The predicted molar refractivity (Wildman–Crippen MR) is 110 cm³/mol. The first-order valence-electron chi connectivity index (χ1n) is 9.96. The van der Waals surface area contributed by atoms with Crippen molar-refractivity contribution in [2.45, 2.75) is 42.7 Å². The van der Waals surface area contributed by atoms with Gasteiger partial charge in [-0.3, -0.25) is 0 Å². The van der Waals surface area contributed by atoms with Crippen LogP contribution >= 0.6 is 0 Å². The summed E-state index contributed by atoms with van der Waals surface area (Å²) in [7, 11) is -3.59. The normalized spacial score (nSPS) is 23.0. The quantitative estimate of drug-likeness (QED) is 0.857. The minimum atomic E-state index is -3.59. The summed E-state index contributed by atoms with van der Waals surface area (Å²) in [5.41, 5.74) is 1.80. The lowest BCUT2D eigenvalue weighted by molar-refractivity contribution is -0.125. The number of hydrogen-bond donors (Lipinski definition) is 1. The Bertz CT molecular complexity index is 891. The lowest BCUT2D eigenvalue weighted by atomic mass is 9.89. The van der Waals surface area contributed by atoms with E-state index in [1.807, 2.05) is 49.4 Å². The molecule has 28 heavy (non-hydrogen) atoms. The second-order valence-corrected chi connectivity index (χ2v) is 9.84. The Hall–Kier alpha value is -1.73. The van der Waals surface area contributed by atoms with Crippen molar-refractivity contribution in [3.05, 3.63) is 65.7 Å². The van der Waals surface area contributed by atoms with E-state index in [9.17, 15) is 8.42 Å². The third-order valence-corrected chi connectivity index (χ3v) is 7.80. The molecule has 150 valence electrons. The van der Waals surface area contributed by atoms with Gasteiger partial charge in [0.2, 0.25) is 10.0 Å². The number of nitrogens with one attached hydrogen (secondary N) is 1. The van der Waals surface area contributed by atoms with Crippen LogP contribution in [0.3, 0.4) is 0 Å². The molecular formula is C22H28N2O3S. The highest BCUT2D eigenvalue weighted by molar-refractivity contribution is 7.89. The lowest BCUT2D eigenvalue weighted by Gasteiger charge is -2.48. The third-order valence-electron chi connectivity index (χ3n) is 5.89. The van der Waals surface area contributed by atoms with Gasteiger partial charge < -0.3 is 10.1 Å². The Morgan fingerprint density at radius 3 is 2.43 bits per heavy atom. The van der Waals surface area contributed by atoms with Crippen LogP contribution < -0.4 is 5.32 Å². The molecule has 2 aromatic carbocycles. The average molecular weight is 401 g/mol. The summed E-state index contributed by atoms with van der Waals surface area (Å²) in [6, 6.07) is 17.0. The van der Waals surface area contributed by atoms with Gasteiger partial charge in [-0.25, -0.2) is 8.42 Å². The number of aryl methyl sites for hydroxylation is 1. The molecule has 0 amide bonds. The maximum atomic E-state index is 13.6. The Morgan fingerprint density at radius 2 is 1.75 bits per heavy atom. The zero-order chi connectivity index (χ0) is 19.6. The van der Waals surface area contributed by atoms with Crippen molar-refractivity contribution < 1.29 is 13.2 Å². The smallest absolute Gasteiger partial charge is 0.243 e. The number of nitrogens with zero attached hydrogens (tertiary/aromatic N) is 1. The van der Waals surface area contributed by atoms with E-state index < -0.39 is 10.0 Å². The van der Waals surface area contributed by atoms with Crippen LogP contribution in [0.15, 0.2) is 59.5 Å². The molecule has 0 aliphatic carbocycles. The molecule has 1 N–H and O–H groups in total. The molecule has 1 atom stereocenters. The van der Waals surface area contributed by atoms with E-state index in [1.54, 1.807) is 16.4 Å². The van der Waals surface area contributed by atoms with Gasteiger partial charge in [0.25, 0.3) is 0 Å². The van der Waals surface area contributed by atoms with E-state index in [-0.39, 0.29) is 11.6 Å². The van der Waals surface area contributed by atoms with E-state index in [0.717, 1.165) is 37.1 Å². The molecule has 4 rings (SSSR count). The molecular weight excluding hydrogens is 372 g/mol. The number of benzene rings is 2. The summed E-state index contributed by atoms with van der Waals surface area (Å²) >= 11 is 0. The van der Waals surface area contributed by atoms with Gasteiger partial charge in [-0.05, 0) is 57.0 Å². The molecule has 2 saturated heterocycles. The molecule has 0 radical (unpaired) electrons. The first-order chi connectivity index (χ1) is 13.5. The van der Waals surface area contributed by atoms with Gasteiger partial charge in [-0.1, -0.05) is 48.0 Å². The first kappa shape index (κ1) is 19.6. The molecule has 1 spiro atoms. The van der Waals surface area contributed by atoms with Crippen LogP contribution in [0.2, 0.25) is 0 Å². The maximum Gasteiger partial charge on any atom is 0.243 e. The fraction of sp³-hybridized carbons (Fsp3) is 0.455. The monoisotopic (exact) mass is 400 g/mol. The van der Waals surface area contributed by atoms with Gasteiger partial charge in [0.15, 0.2) is 0 Å². The molecule has 5 nitrogen and oxygen atoms in total. The molecule has 2 heterocycles. The molecule has 0 aromatic heterocycles. The zero-order valence-corrected chi connectivity index (χ0v) is 17.1. The molecule has 0 saturated carbocycles. The lowest BCUT2D eigenvalue weighted by Crippen LogP contribution is -2.61. The highest BCUT2D eigenvalue weighted by Crippen LogP contribution is 2.34. The second kappa shape index (κ2) is 7.95.